The minimum atomic E-state index is -3.46. The Hall–Kier alpha value is -1.44. The Balaban J connectivity index is 1.41. The third-order valence-corrected chi connectivity index (χ3v) is 7.83. The summed E-state index contributed by atoms with van der Waals surface area (Å²) in [5, 5.41) is 3.25. The van der Waals surface area contributed by atoms with Crippen molar-refractivity contribution in [2.75, 3.05) is 39.3 Å². The average molecular weight is 378 g/mol. The van der Waals surface area contributed by atoms with Gasteiger partial charge in [0.25, 0.3) is 0 Å². The Morgan fingerprint density at radius 2 is 1.69 bits per heavy atom. The van der Waals surface area contributed by atoms with Gasteiger partial charge in [0.15, 0.2) is 0 Å². The van der Waals surface area contributed by atoms with Crippen molar-refractivity contribution in [3.05, 3.63) is 29.3 Å². The largest absolute Gasteiger partial charge is 0.340 e. The number of rotatable bonds is 3. The third kappa shape index (κ3) is 3.40. The summed E-state index contributed by atoms with van der Waals surface area (Å²) in [6, 6.07) is 5.57. The molecule has 4 rings (SSSR count). The second-order valence-electron chi connectivity index (χ2n) is 7.54. The lowest BCUT2D eigenvalue weighted by molar-refractivity contribution is -0.137. The molecule has 1 N–H and O–H groups in total. The summed E-state index contributed by atoms with van der Waals surface area (Å²) in [6.07, 6.45) is 4.37. The molecule has 1 aromatic carbocycles. The summed E-state index contributed by atoms with van der Waals surface area (Å²) in [5.41, 5.74) is 2.46. The molecule has 6 nitrogen and oxygen atoms in total. The van der Waals surface area contributed by atoms with Crippen molar-refractivity contribution in [2.24, 2.45) is 5.92 Å². The van der Waals surface area contributed by atoms with Crippen LogP contribution in [-0.4, -0.2) is 62.8 Å². The lowest BCUT2D eigenvalue weighted by Crippen LogP contribution is -2.50. The van der Waals surface area contributed by atoms with Gasteiger partial charge in [-0.1, -0.05) is 6.07 Å². The lowest BCUT2D eigenvalue weighted by Gasteiger charge is -2.35. The standard InChI is InChI=1S/C19H27N3O3S/c23-19(21-12-8-20-9-13-21)16-6-10-22(11-7-16)26(24,25)18-5-4-15-2-1-3-17(15)14-18/h4-5,14,16,20H,1-3,6-13H2. The average Bonchev–Trinajstić information content (AvgIpc) is 3.16. The zero-order valence-electron chi connectivity index (χ0n) is 15.1. The van der Waals surface area contributed by atoms with Crippen LogP contribution < -0.4 is 5.32 Å². The molecule has 0 unspecified atom stereocenters. The molecular weight excluding hydrogens is 350 g/mol. The molecule has 0 spiro atoms. The number of piperazine rings is 1. The number of hydrogen-bond donors (Lipinski definition) is 1. The van der Waals surface area contributed by atoms with E-state index in [1.54, 1.807) is 10.4 Å². The molecule has 1 aromatic rings. The van der Waals surface area contributed by atoms with Crippen LogP contribution in [0.3, 0.4) is 0 Å². The predicted molar refractivity (Wildman–Crippen MR) is 99.4 cm³/mol. The maximum absolute atomic E-state index is 13.0. The number of benzene rings is 1. The molecule has 2 fully saturated rings. The highest BCUT2D eigenvalue weighted by Gasteiger charge is 2.34. The van der Waals surface area contributed by atoms with Gasteiger partial charge in [-0.3, -0.25) is 4.79 Å². The second kappa shape index (κ2) is 7.29. The van der Waals surface area contributed by atoms with E-state index < -0.39 is 10.0 Å². The first-order chi connectivity index (χ1) is 12.6. The molecule has 2 aliphatic heterocycles. The molecule has 0 saturated carbocycles. The van der Waals surface area contributed by atoms with Crippen LogP contribution in [0.25, 0.3) is 0 Å². The topological polar surface area (TPSA) is 69.7 Å². The number of nitrogens with one attached hydrogen (secondary N) is 1. The zero-order chi connectivity index (χ0) is 18.1. The van der Waals surface area contributed by atoms with Crippen molar-refractivity contribution in [2.45, 2.75) is 37.0 Å². The molecule has 2 saturated heterocycles. The molecule has 7 heteroatoms. The number of amides is 1. The van der Waals surface area contributed by atoms with Crippen LogP contribution in [0.4, 0.5) is 0 Å². The summed E-state index contributed by atoms with van der Waals surface area (Å²) in [7, 11) is -3.46. The SMILES string of the molecule is O=C(C1CCN(S(=O)(=O)c2ccc3c(c2)CCC3)CC1)N1CCNCC1. The van der Waals surface area contributed by atoms with Gasteiger partial charge in [-0.15, -0.1) is 0 Å². The van der Waals surface area contributed by atoms with Gasteiger partial charge >= 0.3 is 0 Å². The van der Waals surface area contributed by atoms with Crippen molar-refractivity contribution < 1.29 is 13.2 Å². The maximum atomic E-state index is 13.0. The number of hydrogen-bond acceptors (Lipinski definition) is 4. The first kappa shape index (κ1) is 17.9. The molecule has 26 heavy (non-hydrogen) atoms. The van der Waals surface area contributed by atoms with Crippen LogP contribution in [0.1, 0.15) is 30.4 Å². The Bertz CT molecular complexity index is 779. The Kier molecular flexibility index (Phi) is 5.03. The van der Waals surface area contributed by atoms with Crippen LogP contribution in [-0.2, 0) is 27.7 Å². The second-order valence-corrected chi connectivity index (χ2v) is 9.48. The number of piperidine rings is 1. The summed E-state index contributed by atoms with van der Waals surface area (Å²) in [6.45, 7) is 4.07. The summed E-state index contributed by atoms with van der Waals surface area (Å²) in [5.74, 6) is 0.153. The molecular formula is C19H27N3O3S. The first-order valence-electron chi connectivity index (χ1n) is 9.67. The highest BCUT2D eigenvalue weighted by molar-refractivity contribution is 7.89. The fourth-order valence-corrected chi connectivity index (χ4v) is 5.87. The van der Waals surface area contributed by atoms with E-state index in [1.807, 2.05) is 17.0 Å². The smallest absolute Gasteiger partial charge is 0.243 e. The number of fused-ring (bicyclic) bond motifs is 1. The molecule has 0 radical (unpaired) electrons. The van der Waals surface area contributed by atoms with E-state index >= 15 is 0 Å². The fourth-order valence-electron chi connectivity index (χ4n) is 4.34. The van der Waals surface area contributed by atoms with E-state index in [0.717, 1.165) is 45.4 Å². The van der Waals surface area contributed by atoms with Crippen LogP contribution in [0.5, 0.6) is 0 Å². The number of aryl methyl sites for hydroxylation is 2. The Morgan fingerprint density at radius 1 is 1.00 bits per heavy atom. The van der Waals surface area contributed by atoms with E-state index in [-0.39, 0.29) is 11.8 Å². The number of carbonyl (C=O) groups excluding carboxylic acids is 1. The molecule has 0 bridgehead atoms. The monoisotopic (exact) mass is 377 g/mol. The van der Waals surface area contributed by atoms with Gasteiger partial charge in [0, 0.05) is 45.2 Å². The zero-order valence-corrected chi connectivity index (χ0v) is 15.9. The van der Waals surface area contributed by atoms with Gasteiger partial charge in [0.2, 0.25) is 15.9 Å². The number of carbonyl (C=O) groups is 1. The first-order valence-corrected chi connectivity index (χ1v) is 11.1. The lowest BCUT2D eigenvalue weighted by atomic mass is 9.96. The molecule has 1 amide bonds. The molecule has 2 heterocycles. The van der Waals surface area contributed by atoms with Crippen molar-refractivity contribution in [1.29, 1.82) is 0 Å². The van der Waals surface area contributed by atoms with Crippen molar-refractivity contribution in [3.63, 3.8) is 0 Å². The van der Waals surface area contributed by atoms with Crippen molar-refractivity contribution in [1.82, 2.24) is 14.5 Å². The molecule has 3 aliphatic rings. The summed E-state index contributed by atoms with van der Waals surface area (Å²) < 4.78 is 27.5. The van der Waals surface area contributed by atoms with Crippen LogP contribution in [0.2, 0.25) is 0 Å². The van der Waals surface area contributed by atoms with Gasteiger partial charge in [0.05, 0.1) is 4.90 Å². The van der Waals surface area contributed by atoms with Crippen LogP contribution >= 0.6 is 0 Å². The summed E-state index contributed by atoms with van der Waals surface area (Å²) in [4.78, 5) is 15.0. The minimum Gasteiger partial charge on any atom is -0.340 e. The maximum Gasteiger partial charge on any atom is 0.243 e. The van der Waals surface area contributed by atoms with E-state index in [2.05, 4.69) is 5.32 Å². The van der Waals surface area contributed by atoms with Gasteiger partial charge in [-0.2, -0.15) is 4.31 Å². The molecule has 0 aromatic heterocycles. The van der Waals surface area contributed by atoms with E-state index in [9.17, 15) is 13.2 Å². The number of sulfonamides is 1. The fraction of sp³-hybridized carbons (Fsp3) is 0.632. The highest BCUT2D eigenvalue weighted by atomic mass is 32.2. The Morgan fingerprint density at radius 3 is 2.42 bits per heavy atom. The van der Waals surface area contributed by atoms with Crippen LogP contribution in [0.15, 0.2) is 23.1 Å². The van der Waals surface area contributed by atoms with Gasteiger partial charge < -0.3 is 10.2 Å². The normalized spacial score (nSPS) is 22.4. The minimum absolute atomic E-state index is 0.0421. The third-order valence-electron chi connectivity index (χ3n) is 5.94. The van der Waals surface area contributed by atoms with Gasteiger partial charge in [0.1, 0.15) is 0 Å². The van der Waals surface area contributed by atoms with Crippen molar-refractivity contribution in [3.8, 4) is 0 Å². The molecule has 1 aliphatic carbocycles. The highest BCUT2D eigenvalue weighted by Crippen LogP contribution is 2.29. The molecule has 0 atom stereocenters. The predicted octanol–water partition coefficient (Wildman–Crippen LogP) is 1.01. The molecule has 142 valence electrons. The van der Waals surface area contributed by atoms with Gasteiger partial charge in [-0.05, 0) is 55.4 Å². The van der Waals surface area contributed by atoms with Gasteiger partial charge in [-0.25, -0.2) is 8.42 Å². The van der Waals surface area contributed by atoms with E-state index in [0.29, 0.717) is 30.8 Å². The summed E-state index contributed by atoms with van der Waals surface area (Å²) >= 11 is 0. The quantitative estimate of drug-likeness (QED) is 0.854. The van der Waals surface area contributed by atoms with E-state index in [4.69, 9.17) is 0 Å². The Labute approximate surface area is 155 Å². The van der Waals surface area contributed by atoms with E-state index in [1.165, 1.54) is 11.1 Å². The number of nitrogens with zero attached hydrogens (tertiary/aromatic N) is 2. The van der Waals surface area contributed by atoms with Crippen LogP contribution in [0, 0.1) is 5.92 Å². The van der Waals surface area contributed by atoms with Crippen molar-refractivity contribution >= 4 is 15.9 Å².